The first-order valence-corrected chi connectivity index (χ1v) is 10.2. The SMILES string of the molecule is Cc1ccc(NC(=S)/C(=C(\[O-])c2ccc(Cl)s2)[n+]2cccc(CO)c2)c(C)c1. The molecule has 2 aromatic heterocycles. The molecule has 0 unspecified atom stereocenters. The second kappa shape index (κ2) is 8.84. The third kappa shape index (κ3) is 4.59. The molecule has 3 rings (SSSR count). The summed E-state index contributed by atoms with van der Waals surface area (Å²) >= 11 is 12.8. The molecular formula is C21H19ClN2O2S2. The number of pyridine rings is 1. The number of nitrogens with one attached hydrogen (secondary N) is 1. The first kappa shape index (κ1) is 20.5. The Labute approximate surface area is 178 Å². The molecule has 7 heteroatoms. The van der Waals surface area contributed by atoms with Gasteiger partial charge in [-0.2, -0.15) is 4.57 Å². The van der Waals surface area contributed by atoms with Gasteiger partial charge in [0.05, 0.1) is 10.9 Å². The number of hydrogen-bond donors (Lipinski definition) is 2. The van der Waals surface area contributed by atoms with Gasteiger partial charge in [-0.3, -0.25) is 0 Å². The predicted molar refractivity (Wildman–Crippen MR) is 117 cm³/mol. The molecule has 0 atom stereocenters. The van der Waals surface area contributed by atoms with E-state index in [0.717, 1.165) is 16.8 Å². The van der Waals surface area contributed by atoms with Gasteiger partial charge < -0.3 is 15.5 Å². The lowest BCUT2D eigenvalue weighted by Gasteiger charge is -2.16. The van der Waals surface area contributed by atoms with Gasteiger partial charge in [0, 0.05) is 22.2 Å². The van der Waals surface area contributed by atoms with Crippen LogP contribution in [-0.4, -0.2) is 10.1 Å². The van der Waals surface area contributed by atoms with Crippen molar-refractivity contribution < 1.29 is 14.8 Å². The normalized spacial score (nSPS) is 11.9. The number of thiocarbonyl (C=S) groups is 1. The van der Waals surface area contributed by atoms with Crippen molar-refractivity contribution >= 4 is 57.3 Å². The Balaban J connectivity index is 2.08. The number of halogens is 1. The van der Waals surface area contributed by atoms with Crippen molar-refractivity contribution in [3.63, 3.8) is 0 Å². The van der Waals surface area contributed by atoms with E-state index in [9.17, 15) is 10.2 Å². The number of aryl methyl sites for hydroxylation is 2. The highest BCUT2D eigenvalue weighted by Gasteiger charge is 2.20. The average Bonchev–Trinajstić information content (AvgIpc) is 3.11. The molecule has 2 heterocycles. The molecule has 0 aliphatic carbocycles. The maximum Gasteiger partial charge on any atom is 0.239 e. The van der Waals surface area contributed by atoms with E-state index >= 15 is 0 Å². The van der Waals surface area contributed by atoms with Crippen molar-refractivity contribution in [1.29, 1.82) is 0 Å². The Kier molecular flexibility index (Phi) is 6.46. The fourth-order valence-corrected chi connectivity index (χ4v) is 4.07. The predicted octanol–water partition coefficient (Wildman–Crippen LogP) is 3.92. The third-order valence-electron chi connectivity index (χ3n) is 4.16. The molecule has 3 aromatic rings. The molecular weight excluding hydrogens is 412 g/mol. The largest absolute Gasteiger partial charge is 0.867 e. The molecule has 144 valence electrons. The summed E-state index contributed by atoms with van der Waals surface area (Å²) in [4.78, 5) is 0.785. The minimum atomic E-state index is -0.237. The lowest BCUT2D eigenvalue weighted by atomic mass is 10.1. The molecule has 0 aliphatic rings. The van der Waals surface area contributed by atoms with Crippen LogP contribution in [0.4, 0.5) is 5.69 Å². The first-order chi connectivity index (χ1) is 13.4. The van der Waals surface area contributed by atoms with Crippen molar-refractivity contribution in [1.82, 2.24) is 0 Å². The molecule has 0 saturated heterocycles. The van der Waals surface area contributed by atoms with E-state index in [-0.39, 0.29) is 12.4 Å². The van der Waals surface area contributed by atoms with Crippen LogP contribution in [0.5, 0.6) is 0 Å². The van der Waals surface area contributed by atoms with E-state index in [2.05, 4.69) is 5.32 Å². The van der Waals surface area contributed by atoms with Crippen LogP contribution in [0.1, 0.15) is 21.6 Å². The van der Waals surface area contributed by atoms with Gasteiger partial charge in [0.25, 0.3) is 0 Å². The van der Waals surface area contributed by atoms with E-state index < -0.39 is 0 Å². The van der Waals surface area contributed by atoms with Gasteiger partial charge in [-0.1, -0.05) is 41.5 Å². The molecule has 4 nitrogen and oxygen atoms in total. The van der Waals surface area contributed by atoms with Crippen molar-refractivity contribution in [2.24, 2.45) is 0 Å². The number of rotatable bonds is 5. The molecule has 0 aliphatic heterocycles. The smallest absolute Gasteiger partial charge is 0.239 e. The van der Waals surface area contributed by atoms with Crippen LogP contribution in [0.3, 0.4) is 0 Å². The maximum atomic E-state index is 13.2. The number of benzene rings is 1. The molecule has 0 saturated carbocycles. The van der Waals surface area contributed by atoms with E-state index in [1.165, 1.54) is 11.3 Å². The summed E-state index contributed by atoms with van der Waals surface area (Å²) in [6.45, 7) is 3.87. The second-order valence-corrected chi connectivity index (χ2v) is 8.45. The average molecular weight is 431 g/mol. The zero-order chi connectivity index (χ0) is 20.3. The van der Waals surface area contributed by atoms with Gasteiger partial charge in [-0.25, -0.2) is 0 Å². The number of aliphatic hydroxyl groups excluding tert-OH is 1. The molecule has 0 fully saturated rings. The number of hydrogen-bond acceptors (Lipinski definition) is 4. The number of thiophene rings is 1. The van der Waals surface area contributed by atoms with Crippen LogP contribution in [0.15, 0.2) is 54.9 Å². The summed E-state index contributed by atoms with van der Waals surface area (Å²) < 4.78 is 2.17. The van der Waals surface area contributed by atoms with Crippen LogP contribution < -0.4 is 15.0 Å². The zero-order valence-corrected chi connectivity index (χ0v) is 17.8. The fraction of sp³-hybridized carbons (Fsp3) is 0.143. The number of anilines is 1. The van der Waals surface area contributed by atoms with Gasteiger partial charge >= 0.3 is 0 Å². The van der Waals surface area contributed by atoms with E-state index in [1.54, 1.807) is 41.2 Å². The monoisotopic (exact) mass is 430 g/mol. The Morgan fingerprint density at radius 3 is 2.68 bits per heavy atom. The highest BCUT2D eigenvalue weighted by Crippen LogP contribution is 2.27. The summed E-state index contributed by atoms with van der Waals surface area (Å²) in [5.41, 5.74) is 3.98. The van der Waals surface area contributed by atoms with Crippen molar-refractivity contribution in [3.05, 3.63) is 80.8 Å². The van der Waals surface area contributed by atoms with Crippen molar-refractivity contribution in [2.45, 2.75) is 20.5 Å². The second-order valence-electron chi connectivity index (χ2n) is 6.33. The topological polar surface area (TPSA) is 59.2 Å². The quantitative estimate of drug-likeness (QED) is 0.279. The third-order valence-corrected chi connectivity index (χ3v) is 5.69. The minimum Gasteiger partial charge on any atom is -0.867 e. The van der Waals surface area contributed by atoms with Gasteiger partial charge in [0.15, 0.2) is 17.4 Å². The molecule has 0 amide bonds. The van der Waals surface area contributed by atoms with Gasteiger partial charge in [-0.15, -0.1) is 11.3 Å². The number of aliphatic hydroxyl groups is 1. The van der Waals surface area contributed by atoms with Crippen LogP contribution >= 0.6 is 35.2 Å². The Morgan fingerprint density at radius 2 is 2.04 bits per heavy atom. The van der Waals surface area contributed by atoms with Crippen LogP contribution in [0, 0.1) is 13.8 Å². The summed E-state index contributed by atoms with van der Waals surface area (Å²) in [6, 6.07) is 12.9. The highest BCUT2D eigenvalue weighted by molar-refractivity contribution is 7.81. The van der Waals surface area contributed by atoms with Crippen LogP contribution in [-0.2, 0) is 6.61 Å². The molecule has 0 spiro atoms. The van der Waals surface area contributed by atoms with E-state index in [4.69, 9.17) is 23.8 Å². The molecule has 0 radical (unpaired) electrons. The summed E-state index contributed by atoms with van der Waals surface area (Å²) in [6.07, 6.45) is 3.43. The summed E-state index contributed by atoms with van der Waals surface area (Å²) in [5, 5.41) is 25.9. The Bertz CT molecular complexity index is 1060. The summed E-state index contributed by atoms with van der Waals surface area (Å²) in [7, 11) is 0. The summed E-state index contributed by atoms with van der Waals surface area (Å²) in [5.74, 6) is -0.237. The fourth-order valence-electron chi connectivity index (χ4n) is 2.78. The van der Waals surface area contributed by atoms with Crippen molar-refractivity contribution in [2.75, 3.05) is 5.32 Å². The zero-order valence-electron chi connectivity index (χ0n) is 15.4. The van der Waals surface area contributed by atoms with E-state index in [0.29, 0.717) is 25.5 Å². The van der Waals surface area contributed by atoms with Crippen LogP contribution in [0.2, 0.25) is 4.34 Å². The van der Waals surface area contributed by atoms with Gasteiger partial charge in [-0.05, 0) is 49.4 Å². The van der Waals surface area contributed by atoms with Crippen molar-refractivity contribution in [3.8, 4) is 0 Å². The Hall–Kier alpha value is -2.25. The number of aromatic nitrogens is 1. The maximum absolute atomic E-state index is 13.2. The molecule has 2 N–H and O–H groups in total. The molecule has 28 heavy (non-hydrogen) atoms. The standard InChI is InChI=1S/C21H19ClN2O2S2/c1-13-5-6-16(14(2)10-13)23-21(27)19(20(26)17-7-8-18(22)28-17)24-9-3-4-15(11-24)12-25/h3-11,25H,12H2,1-2H3,(H-,23,26,27). The van der Waals surface area contributed by atoms with Crippen LogP contribution in [0.25, 0.3) is 11.5 Å². The first-order valence-electron chi connectivity index (χ1n) is 8.56. The van der Waals surface area contributed by atoms with Gasteiger partial charge in [0.1, 0.15) is 0 Å². The molecule has 1 aromatic carbocycles. The minimum absolute atomic E-state index is 0.135. The van der Waals surface area contributed by atoms with Gasteiger partial charge in [0.2, 0.25) is 5.70 Å². The lowest BCUT2D eigenvalue weighted by Crippen LogP contribution is -2.40. The lowest BCUT2D eigenvalue weighted by molar-refractivity contribution is -0.578. The Morgan fingerprint density at radius 1 is 1.25 bits per heavy atom. The molecule has 0 bridgehead atoms. The van der Waals surface area contributed by atoms with E-state index in [1.807, 2.05) is 32.0 Å². The number of nitrogens with zero attached hydrogens (tertiary/aromatic N) is 1. The highest BCUT2D eigenvalue weighted by atomic mass is 35.5.